The Morgan fingerprint density at radius 2 is 2.09 bits per heavy atom. The fourth-order valence-electron chi connectivity index (χ4n) is 2.25. The van der Waals surface area contributed by atoms with E-state index in [9.17, 15) is 9.59 Å². The van der Waals surface area contributed by atoms with Gasteiger partial charge < -0.3 is 10.6 Å². The summed E-state index contributed by atoms with van der Waals surface area (Å²) in [6.45, 7) is 0.606. The Labute approximate surface area is 137 Å². The van der Waals surface area contributed by atoms with Gasteiger partial charge in [-0.15, -0.1) is 23.1 Å². The zero-order valence-corrected chi connectivity index (χ0v) is 13.5. The third-order valence-electron chi connectivity index (χ3n) is 3.35. The highest BCUT2D eigenvalue weighted by Gasteiger charge is 2.28. The van der Waals surface area contributed by atoms with Gasteiger partial charge >= 0.3 is 0 Å². The predicted molar refractivity (Wildman–Crippen MR) is 90.4 cm³/mol. The summed E-state index contributed by atoms with van der Waals surface area (Å²) < 4.78 is 0. The van der Waals surface area contributed by atoms with E-state index in [0.29, 0.717) is 6.54 Å². The molecule has 2 aromatic rings. The van der Waals surface area contributed by atoms with Crippen LogP contribution in [-0.2, 0) is 16.0 Å². The van der Waals surface area contributed by atoms with E-state index in [2.05, 4.69) is 16.7 Å². The highest BCUT2D eigenvalue weighted by molar-refractivity contribution is 8.01. The van der Waals surface area contributed by atoms with Gasteiger partial charge in [0.15, 0.2) is 0 Å². The van der Waals surface area contributed by atoms with Crippen LogP contribution >= 0.6 is 23.1 Å². The first-order chi connectivity index (χ1) is 10.7. The first-order valence-electron chi connectivity index (χ1n) is 7.08. The fraction of sp³-hybridized carbons (Fsp3) is 0.250. The van der Waals surface area contributed by atoms with Crippen molar-refractivity contribution < 1.29 is 9.59 Å². The van der Waals surface area contributed by atoms with E-state index in [1.807, 2.05) is 35.7 Å². The van der Waals surface area contributed by atoms with E-state index in [-0.39, 0.29) is 23.5 Å². The Bertz CT molecular complexity index is 671. The number of fused-ring (bicyclic) bond motifs is 1. The number of amides is 2. The van der Waals surface area contributed by atoms with Gasteiger partial charge in [-0.1, -0.05) is 18.2 Å². The average Bonchev–Trinajstić information content (AvgIpc) is 3.01. The zero-order chi connectivity index (χ0) is 15.4. The summed E-state index contributed by atoms with van der Waals surface area (Å²) >= 11 is 3.14. The Hall–Kier alpha value is -1.79. The van der Waals surface area contributed by atoms with Gasteiger partial charge in [0.05, 0.1) is 10.9 Å². The average molecular weight is 332 g/mol. The van der Waals surface area contributed by atoms with Crippen molar-refractivity contribution in [3.8, 4) is 0 Å². The van der Waals surface area contributed by atoms with Crippen molar-refractivity contribution in [1.82, 2.24) is 5.32 Å². The second-order valence-electron chi connectivity index (χ2n) is 4.98. The summed E-state index contributed by atoms with van der Waals surface area (Å²) in [6.07, 6.45) is 1.03. The quantitative estimate of drug-likeness (QED) is 0.885. The number of anilines is 1. The summed E-state index contributed by atoms with van der Waals surface area (Å²) in [5.41, 5.74) is 0.826. The molecule has 6 heteroatoms. The van der Waals surface area contributed by atoms with Crippen LogP contribution in [0.1, 0.15) is 11.3 Å². The minimum absolute atomic E-state index is 0.0800. The first-order valence-corrected chi connectivity index (χ1v) is 8.84. The molecule has 0 aliphatic carbocycles. The van der Waals surface area contributed by atoms with Crippen molar-refractivity contribution in [2.45, 2.75) is 23.0 Å². The lowest BCUT2D eigenvalue weighted by Crippen LogP contribution is -2.35. The van der Waals surface area contributed by atoms with Crippen LogP contribution < -0.4 is 10.6 Å². The lowest BCUT2D eigenvalue weighted by molar-refractivity contribution is -0.124. The molecule has 0 fully saturated rings. The van der Waals surface area contributed by atoms with Gasteiger partial charge in [-0.3, -0.25) is 9.59 Å². The highest BCUT2D eigenvalue weighted by atomic mass is 32.2. The molecule has 4 nitrogen and oxygen atoms in total. The van der Waals surface area contributed by atoms with Gasteiger partial charge in [0, 0.05) is 22.7 Å². The minimum atomic E-state index is -0.364. The van der Waals surface area contributed by atoms with Crippen LogP contribution in [0, 0.1) is 0 Å². The van der Waals surface area contributed by atoms with Crippen LogP contribution in [0.4, 0.5) is 5.69 Å². The molecule has 3 rings (SSSR count). The minimum Gasteiger partial charge on any atom is -0.356 e. The Morgan fingerprint density at radius 3 is 2.91 bits per heavy atom. The molecule has 2 amide bonds. The van der Waals surface area contributed by atoms with E-state index in [1.165, 1.54) is 16.6 Å². The number of thiophene rings is 1. The number of nitrogens with one attached hydrogen (secondary N) is 2. The number of rotatable bonds is 5. The third-order valence-corrected chi connectivity index (χ3v) is 5.56. The van der Waals surface area contributed by atoms with E-state index in [1.54, 1.807) is 11.3 Å². The molecule has 0 saturated carbocycles. The van der Waals surface area contributed by atoms with E-state index in [4.69, 9.17) is 0 Å². The van der Waals surface area contributed by atoms with Gasteiger partial charge in [-0.2, -0.15) is 0 Å². The monoisotopic (exact) mass is 332 g/mol. The number of benzene rings is 1. The molecule has 2 heterocycles. The lowest BCUT2D eigenvalue weighted by Gasteiger charge is -2.23. The van der Waals surface area contributed by atoms with Gasteiger partial charge in [0.2, 0.25) is 11.8 Å². The molecule has 2 N–H and O–H groups in total. The van der Waals surface area contributed by atoms with Crippen molar-refractivity contribution in [1.29, 1.82) is 0 Å². The standard InChI is InChI=1S/C16H16N2O2S2/c19-15(17-8-7-11-4-3-9-21-11)10-14-16(20)18-12-5-1-2-6-13(12)22-14/h1-6,9,14H,7-8,10H2,(H,17,19)(H,18,20). The van der Waals surface area contributed by atoms with Crippen LogP contribution in [0.15, 0.2) is 46.7 Å². The molecule has 1 atom stereocenters. The molecule has 1 aliphatic rings. The van der Waals surface area contributed by atoms with Crippen molar-refractivity contribution in [3.63, 3.8) is 0 Å². The Kier molecular flexibility index (Phi) is 4.80. The number of carbonyl (C=O) groups is 2. The van der Waals surface area contributed by atoms with Gasteiger partial charge in [0.25, 0.3) is 0 Å². The van der Waals surface area contributed by atoms with Crippen molar-refractivity contribution in [2.24, 2.45) is 0 Å². The van der Waals surface area contributed by atoms with Crippen molar-refractivity contribution >= 4 is 40.6 Å². The van der Waals surface area contributed by atoms with Crippen molar-refractivity contribution in [2.75, 3.05) is 11.9 Å². The number of para-hydroxylation sites is 1. The smallest absolute Gasteiger partial charge is 0.238 e. The number of carbonyl (C=O) groups excluding carboxylic acids is 2. The zero-order valence-electron chi connectivity index (χ0n) is 11.9. The van der Waals surface area contributed by atoms with Crippen LogP contribution in [0.5, 0.6) is 0 Å². The van der Waals surface area contributed by atoms with Crippen LogP contribution in [0.2, 0.25) is 0 Å². The molecule has 114 valence electrons. The summed E-state index contributed by atoms with van der Waals surface area (Å²) in [5.74, 6) is -0.180. The maximum absolute atomic E-state index is 12.0. The number of thioether (sulfide) groups is 1. The molecule has 0 spiro atoms. The van der Waals surface area contributed by atoms with Crippen LogP contribution in [-0.4, -0.2) is 23.6 Å². The molecule has 22 heavy (non-hydrogen) atoms. The molecule has 0 bridgehead atoms. The topological polar surface area (TPSA) is 58.2 Å². The molecule has 1 aromatic heterocycles. The van der Waals surface area contributed by atoms with Crippen LogP contribution in [0.3, 0.4) is 0 Å². The Balaban J connectivity index is 1.50. The third kappa shape index (κ3) is 3.69. The lowest BCUT2D eigenvalue weighted by atomic mass is 10.2. The molecular formula is C16H16N2O2S2. The molecule has 0 saturated heterocycles. The normalized spacial score (nSPS) is 16.7. The predicted octanol–water partition coefficient (Wildman–Crippen LogP) is 2.91. The number of hydrogen-bond donors (Lipinski definition) is 2. The SMILES string of the molecule is O=C(CC1Sc2ccccc2NC1=O)NCCc1cccs1. The summed E-state index contributed by atoms with van der Waals surface area (Å²) in [6, 6.07) is 11.7. The molecular weight excluding hydrogens is 316 g/mol. The first kappa shape index (κ1) is 15.1. The van der Waals surface area contributed by atoms with E-state index >= 15 is 0 Å². The highest BCUT2D eigenvalue weighted by Crippen LogP contribution is 2.36. The van der Waals surface area contributed by atoms with Crippen LogP contribution in [0.25, 0.3) is 0 Å². The van der Waals surface area contributed by atoms with Gasteiger partial charge in [0.1, 0.15) is 0 Å². The van der Waals surface area contributed by atoms with E-state index in [0.717, 1.165) is 17.0 Å². The molecule has 1 aliphatic heterocycles. The Morgan fingerprint density at radius 1 is 1.23 bits per heavy atom. The maximum atomic E-state index is 12.0. The molecule has 1 unspecified atom stereocenters. The number of hydrogen-bond acceptors (Lipinski definition) is 4. The summed E-state index contributed by atoms with van der Waals surface area (Å²) in [5, 5.41) is 7.40. The fourth-order valence-corrected chi connectivity index (χ4v) is 4.07. The van der Waals surface area contributed by atoms with E-state index < -0.39 is 0 Å². The summed E-state index contributed by atoms with van der Waals surface area (Å²) in [7, 11) is 0. The molecule has 1 aromatic carbocycles. The van der Waals surface area contributed by atoms with Gasteiger partial charge in [-0.05, 0) is 30.0 Å². The second-order valence-corrected chi connectivity index (χ2v) is 7.25. The largest absolute Gasteiger partial charge is 0.356 e. The van der Waals surface area contributed by atoms with Gasteiger partial charge in [-0.25, -0.2) is 0 Å². The maximum Gasteiger partial charge on any atom is 0.238 e. The second kappa shape index (κ2) is 6.98. The van der Waals surface area contributed by atoms with Crippen molar-refractivity contribution in [3.05, 3.63) is 46.7 Å². The summed E-state index contributed by atoms with van der Waals surface area (Å²) in [4.78, 5) is 26.3. The molecule has 0 radical (unpaired) electrons.